The van der Waals surface area contributed by atoms with E-state index in [4.69, 9.17) is 9.84 Å². The van der Waals surface area contributed by atoms with E-state index in [2.05, 4.69) is 0 Å². The highest BCUT2D eigenvalue weighted by Gasteiger charge is 2.12. The molecule has 0 fully saturated rings. The number of methoxy groups -OCH3 is 1. The third kappa shape index (κ3) is 2.74. The molecule has 0 saturated carbocycles. The first-order chi connectivity index (χ1) is 6.63. The van der Waals surface area contributed by atoms with Crippen molar-refractivity contribution in [3.63, 3.8) is 0 Å². The molecule has 1 aromatic rings. The average molecular weight is 196 g/mol. The summed E-state index contributed by atoms with van der Waals surface area (Å²) in [6.07, 6.45) is -1.28. The molecule has 0 amide bonds. The summed E-state index contributed by atoms with van der Waals surface area (Å²) in [5.41, 5.74) is 0.548. The molecule has 0 aromatic heterocycles. The first-order valence-corrected chi connectivity index (χ1v) is 4.17. The zero-order chi connectivity index (χ0) is 10.6. The number of aliphatic hydroxyl groups excluding tert-OH is 1. The molecule has 0 heterocycles. The number of hydrogen-bond acceptors (Lipinski definition) is 3. The van der Waals surface area contributed by atoms with Crippen molar-refractivity contribution in [3.05, 3.63) is 29.8 Å². The molecule has 4 heteroatoms. The monoisotopic (exact) mass is 196 g/mol. The fraction of sp³-hybridized carbons (Fsp3) is 0.300. The molecule has 1 aromatic carbocycles. The van der Waals surface area contributed by atoms with Crippen LogP contribution in [0, 0.1) is 0 Å². The molecular formula is C10H12O4. The van der Waals surface area contributed by atoms with Crippen molar-refractivity contribution in [1.82, 2.24) is 0 Å². The van der Waals surface area contributed by atoms with Crippen LogP contribution in [0.3, 0.4) is 0 Å². The summed E-state index contributed by atoms with van der Waals surface area (Å²) in [7, 11) is 1.52. The van der Waals surface area contributed by atoms with Crippen LogP contribution in [0.4, 0.5) is 0 Å². The average Bonchev–Trinajstić information content (AvgIpc) is 2.17. The van der Waals surface area contributed by atoms with Crippen LogP contribution in [0.15, 0.2) is 24.3 Å². The molecule has 1 unspecified atom stereocenters. The van der Waals surface area contributed by atoms with Crippen molar-refractivity contribution < 1.29 is 19.7 Å². The van der Waals surface area contributed by atoms with Gasteiger partial charge in [-0.3, -0.25) is 4.79 Å². The third-order valence-electron chi connectivity index (χ3n) is 1.85. The summed E-state index contributed by atoms with van der Waals surface area (Å²) in [5.74, 6) is -0.424. The van der Waals surface area contributed by atoms with Crippen LogP contribution < -0.4 is 4.74 Å². The molecule has 14 heavy (non-hydrogen) atoms. The molecule has 76 valence electrons. The standard InChI is InChI=1S/C10H12O4/c1-14-8-4-2-3-7(5-8)9(11)6-10(12)13/h2-5,9,11H,6H2,1H3,(H,12,13). The number of ether oxygens (including phenoxy) is 1. The Labute approximate surface area is 81.8 Å². The summed E-state index contributed by atoms with van der Waals surface area (Å²) >= 11 is 0. The first-order valence-electron chi connectivity index (χ1n) is 4.17. The normalized spacial score (nSPS) is 12.1. The third-order valence-corrected chi connectivity index (χ3v) is 1.85. The minimum absolute atomic E-state index is 0.298. The van der Waals surface area contributed by atoms with E-state index in [-0.39, 0.29) is 6.42 Å². The quantitative estimate of drug-likeness (QED) is 0.759. The predicted molar refractivity (Wildman–Crippen MR) is 50.2 cm³/mol. The highest BCUT2D eigenvalue weighted by Crippen LogP contribution is 2.21. The Bertz CT molecular complexity index is 322. The number of aliphatic hydroxyl groups is 1. The van der Waals surface area contributed by atoms with E-state index in [1.165, 1.54) is 7.11 Å². The molecule has 0 aliphatic carbocycles. The smallest absolute Gasteiger partial charge is 0.306 e. The predicted octanol–water partition coefficient (Wildman–Crippen LogP) is 1.20. The first kappa shape index (κ1) is 10.5. The van der Waals surface area contributed by atoms with Crippen LogP contribution >= 0.6 is 0 Å². The zero-order valence-electron chi connectivity index (χ0n) is 7.80. The van der Waals surface area contributed by atoms with E-state index < -0.39 is 12.1 Å². The summed E-state index contributed by atoms with van der Waals surface area (Å²) in [5, 5.41) is 18.0. The Hall–Kier alpha value is -1.55. The van der Waals surface area contributed by atoms with Crippen LogP contribution in [0.1, 0.15) is 18.1 Å². The number of carbonyl (C=O) groups is 1. The van der Waals surface area contributed by atoms with Gasteiger partial charge < -0.3 is 14.9 Å². The molecule has 2 N–H and O–H groups in total. The second-order valence-corrected chi connectivity index (χ2v) is 2.89. The van der Waals surface area contributed by atoms with E-state index in [9.17, 15) is 9.90 Å². The van der Waals surface area contributed by atoms with Crippen LogP contribution in [0.2, 0.25) is 0 Å². The molecule has 0 radical (unpaired) electrons. The fourth-order valence-corrected chi connectivity index (χ4v) is 1.13. The van der Waals surface area contributed by atoms with Crippen LogP contribution in [0.25, 0.3) is 0 Å². The maximum atomic E-state index is 10.3. The number of aliphatic carboxylic acids is 1. The fourth-order valence-electron chi connectivity index (χ4n) is 1.13. The van der Waals surface area contributed by atoms with Gasteiger partial charge in [0.05, 0.1) is 19.6 Å². The second-order valence-electron chi connectivity index (χ2n) is 2.89. The molecule has 4 nitrogen and oxygen atoms in total. The minimum atomic E-state index is -1.03. The maximum Gasteiger partial charge on any atom is 0.306 e. The SMILES string of the molecule is COc1cccc(C(O)CC(=O)O)c1. The van der Waals surface area contributed by atoms with Crippen molar-refractivity contribution in [2.45, 2.75) is 12.5 Å². The van der Waals surface area contributed by atoms with Gasteiger partial charge in [-0.25, -0.2) is 0 Å². The molecular weight excluding hydrogens is 184 g/mol. The molecule has 0 aliphatic rings. The second kappa shape index (κ2) is 4.62. The van der Waals surface area contributed by atoms with Crippen LogP contribution in [-0.4, -0.2) is 23.3 Å². The van der Waals surface area contributed by atoms with Gasteiger partial charge in [-0.15, -0.1) is 0 Å². The summed E-state index contributed by atoms with van der Waals surface area (Å²) < 4.78 is 4.95. The van der Waals surface area contributed by atoms with E-state index in [0.717, 1.165) is 0 Å². The number of hydrogen-bond donors (Lipinski definition) is 2. The molecule has 0 saturated heterocycles. The Morgan fingerprint density at radius 3 is 2.86 bits per heavy atom. The van der Waals surface area contributed by atoms with Gasteiger partial charge in [0.1, 0.15) is 5.75 Å². The topological polar surface area (TPSA) is 66.8 Å². The van der Waals surface area contributed by atoms with E-state index in [1.807, 2.05) is 0 Å². The van der Waals surface area contributed by atoms with E-state index in [1.54, 1.807) is 24.3 Å². The summed E-state index contributed by atoms with van der Waals surface area (Å²) in [4.78, 5) is 10.3. The number of benzene rings is 1. The molecule has 1 atom stereocenters. The van der Waals surface area contributed by atoms with Gasteiger partial charge in [-0.2, -0.15) is 0 Å². The van der Waals surface area contributed by atoms with Crippen molar-refractivity contribution in [2.75, 3.05) is 7.11 Å². The van der Waals surface area contributed by atoms with Gasteiger partial charge in [0, 0.05) is 0 Å². The molecule has 0 spiro atoms. The Kier molecular flexibility index (Phi) is 3.48. The summed E-state index contributed by atoms with van der Waals surface area (Å²) in [6.45, 7) is 0. The number of rotatable bonds is 4. The van der Waals surface area contributed by atoms with Crippen molar-refractivity contribution in [2.24, 2.45) is 0 Å². The zero-order valence-corrected chi connectivity index (χ0v) is 7.80. The lowest BCUT2D eigenvalue weighted by atomic mass is 10.1. The van der Waals surface area contributed by atoms with Gasteiger partial charge in [0.15, 0.2) is 0 Å². The van der Waals surface area contributed by atoms with Gasteiger partial charge >= 0.3 is 5.97 Å². The van der Waals surface area contributed by atoms with Gasteiger partial charge in [-0.1, -0.05) is 12.1 Å². The molecule has 1 rings (SSSR count). The number of carboxylic acids is 1. The lowest BCUT2D eigenvalue weighted by molar-refractivity contribution is -0.139. The Morgan fingerprint density at radius 1 is 1.57 bits per heavy atom. The summed E-state index contributed by atoms with van der Waals surface area (Å²) in [6, 6.07) is 6.72. The largest absolute Gasteiger partial charge is 0.497 e. The lowest BCUT2D eigenvalue weighted by Gasteiger charge is -2.09. The van der Waals surface area contributed by atoms with E-state index >= 15 is 0 Å². The van der Waals surface area contributed by atoms with E-state index in [0.29, 0.717) is 11.3 Å². The van der Waals surface area contributed by atoms with Gasteiger partial charge in [0.25, 0.3) is 0 Å². The van der Waals surface area contributed by atoms with Gasteiger partial charge in [0.2, 0.25) is 0 Å². The molecule has 0 aliphatic heterocycles. The van der Waals surface area contributed by atoms with Crippen molar-refractivity contribution in [1.29, 1.82) is 0 Å². The minimum Gasteiger partial charge on any atom is -0.497 e. The van der Waals surface area contributed by atoms with Gasteiger partial charge in [-0.05, 0) is 17.7 Å². The highest BCUT2D eigenvalue weighted by atomic mass is 16.5. The van der Waals surface area contributed by atoms with Crippen LogP contribution in [-0.2, 0) is 4.79 Å². The Balaban J connectivity index is 2.78. The van der Waals surface area contributed by atoms with Crippen molar-refractivity contribution in [3.8, 4) is 5.75 Å². The molecule has 0 bridgehead atoms. The highest BCUT2D eigenvalue weighted by molar-refractivity contribution is 5.67. The van der Waals surface area contributed by atoms with Crippen LogP contribution in [0.5, 0.6) is 5.75 Å². The number of carboxylic acid groups (broad SMARTS) is 1. The Morgan fingerprint density at radius 2 is 2.29 bits per heavy atom. The maximum absolute atomic E-state index is 10.3. The lowest BCUT2D eigenvalue weighted by Crippen LogP contribution is -2.05. The van der Waals surface area contributed by atoms with Crippen molar-refractivity contribution >= 4 is 5.97 Å².